The zero-order valence-electron chi connectivity index (χ0n) is 10.6. The van der Waals surface area contributed by atoms with Crippen LogP contribution in [0.25, 0.3) is 11.3 Å². The van der Waals surface area contributed by atoms with E-state index in [0.717, 1.165) is 5.56 Å². The number of carbonyl (C=O) groups excluding carboxylic acids is 1. The third-order valence-electron chi connectivity index (χ3n) is 2.50. The molecule has 0 unspecified atom stereocenters. The molecule has 0 fully saturated rings. The van der Waals surface area contributed by atoms with Gasteiger partial charge >= 0.3 is 0 Å². The molecule has 0 aliphatic carbocycles. The smallest absolute Gasteiger partial charge is 0.278 e. The van der Waals surface area contributed by atoms with Crippen molar-refractivity contribution in [3.63, 3.8) is 0 Å². The van der Waals surface area contributed by atoms with Gasteiger partial charge in [-0.3, -0.25) is 14.7 Å². The highest BCUT2D eigenvalue weighted by Crippen LogP contribution is 2.20. The molecule has 0 aliphatic rings. The average molecular weight is 261 g/mol. The zero-order valence-corrected chi connectivity index (χ0v) is 10.6. The number of benzene rings is 1. The van der Waals surface area contributed by atoms with Crippen LogP contribution in [-0.4, -0.2) is 36.4 Å². The van der Waals surface area contributed by atoms with Gasteiger partial charge in [0.2, 0.25) is 0 Å². The Labute approximate surface area is 110 Å². The predicted octanol–water partition coefficient (Wildman–Crippen LogP) is 1.38. The van der Waals surface area contributed by atoms with Crippen LogP contribution >= 0.6 is 0 Å². The predicted molar refractivity (Wildman–Crippen MR) is 69.3 cm³/mol. The Bertz CT molecular complexity index is 525. The molecule has 1 aromatic carbocycles. The van der Waals surface area contributed by atoms with Crippen molar-refractivity contribution in [3.05, 3.63) is 42.1 Å². The molecule has 0 spiro atoms. The van der Waals surface area contributed by atoms with Crippen molar-refractivity contribution in [3.8, 4) is 11.3 Å². The van der Waals surface area contributed by atoms with Crippen LogP contribution < -0.4 is 5.48 Å². The van der Waals surface area contributed by atoms with E-state index in [2.05, 4.69) is 15.7 Å². The molecular weight excluding hydrogens is 246 g/mol. The summed E-state index contributed by atoms with van der Waals surface area (Å²) in [5.41, 5.74) is 4.34. The van der Waals surface area contributed by atoms with E-state index >= 15 is 0 Å². The number of amides is 1. The number of H-pyrrole nitrogens is 1. The van der Waals surface area contributed by atoms with Crippen LogP contribution in [0.1, 0.15) is 10.4 Å². The summed E-state index contributed by atoms with van der Waals surface area (Å²) in [4.78, 5) is 16.9. The molecular formula is C13H15N3O3. The normalized spacial score (nSPS) is 10.4. The van der Waals surface area contributed by atoms with Crippen LogP contribution in [0.2, 0.25) is 0 Å². The minimum atomic E-state index is -0.344. The van der Waals surface area contributed by atoms with E-state index in [9.17, 15) is 4.79 Å². The van der Waals surface area contributed by atoms with Gasteiger partial charge in [-0.05, 0) is 0 Å². The van der Waals surface area contributed by atoms with E-state index in [1.54, 1.807) is 7.11 Å². The number of rotatable bonds is 6. The molecule has 0 saturated heterocycles. The number of carbonyl (C=O) groups is 1. The molecule has 19 heavy (non-hydrogen) atoms. The number of hydrogen-bond acceptors (Lipinski definition) is 4. The second-order valence-electron chi connectivity index (χ2n) is 3.80. The van der Waals surface area contributed by atoms with E-state index in [1.165, 1.54) is 6.20 Å². The molecule has 1 aromatic heterocycles. The van der Waals surface area contributed by atoms with Crippen molar-refractivity contribution >= 4 is 5.91 Å². The Hall–Kier alpha value is -2.18. The van der Waals surface area contributed by atoms with Gasteiger partial charge in [0.15, 0.2) is 0 Å². The first-order chi connectivity index (χ1) is 9.33. The van der Waals surface area contributed by atoms with Crippen molar-refractivity contribution in [2.24, 2.45) is 0 Å². The number of aromatic nitrogens is 2. The number of methoxy groups -OCH3 is 1. The SMILES string of the molecule is COCCONC(=O)c1cn[nH]c1-c1ccccc1. The highest BCUT2D eigenvalue weighted by Gasteiger charge is 2.14. The molecule has 0 aliphatic heterocycles. The molecule has 6 heteroatoms. The van der Waals surface area contributed by atoms with Gasteiger partial charge in [0.1, 0.15) is 0 Å². The summed E-state index contributed by atoms with van der Waals surface area (Å²) in [6, 6.07) is 9.50. The Balaban J connectivity index is 2.05. The van der Waals surface area contributed by atoms with E-state index in [-0.39, 0.29) is 5.91 Å². The third kappa shape index (κ3) is 3.40. The van der Waals surface area contributed by atoms with Crippen LogP contribution in [0.15, 0.2) is 36.5 Å². The Morgan fingerprint density at radius 2 is 2.11 bits per heavy atom. The van der Waals surface area contributed by atoms with E-state index in [4.69, 9.17) is 9.57 Å². The lowest BCUT2D eigenvalue weighted by molar-refractivity contribution is 0.00893. The molecule has 100 valence electrons. The fourth-order valence-corrected chi connectivity index (χ4v) is 1.58. The van der Waals surface area contributed by atoms with E-state index < -0.39 is 0 Å². The zero-order chi connectivity index (χ0) is 13.5. The van der Waals surface area contributed by atoms with Gasteiger partial charge in [0.25, 0.3) is 5.91 Å². The minimum absolute atomic E-state index is 0.292. The van der Waals surface area contributed by atoms with Crippen molar-refractivity contribution in [2.75, 3.05) is 20.3 Å². The molecule has 2 rings (SSSR count). The van der Waals surface area contributed by atoms with Gasteiger partial charge in [0.05, 0.1) is 30.7 Å². The molecule has 2 N–H and O–H groups in total. The van der Waals surface area contributed by atoms with Gasteiger partial charge in [-0.15, -0.1) is 0 Å². The first-order valence-corrected chi connectivity index (χ1v) is 5.83. The van der Waals surface area contributed by atoms with Gasteiger partial charge in [-0.1, -0.05) is 30.3 Å². The number of aromatic amines is 1. The molecule has 1 amide bonds. The Morgan fingerprint density at radius 3 is 2.84 bits per heavy atom. The minimum Gasteiger partial charge on any atom is -0.382 e. The lowest BCUT2D eigenvalue weighted by Crippen LogP contribution is -2.25. The van der Waals surface area contributed by atoms with Crippen LogP contribution in [0.3, 0.4) is 0 Å². The summed E-state index contributed by atoms with van der Waals surface area (Å²) < 4.78 is 4.81. The number of hydrogen-bond donors (Lipinski definition) is 2. The van der Waals surface area contributed by atoms with Crippen LogP contribution in [0.4, 0.5) is 0 Å². The summed E-state index contributed by atoms with van der Waals surface area (Å²) in [5, 5.41) is 6.71. The molecule has 0 radical (unpaired) electrons. The van der Waals surface area contributed by atoms with Crippen molar-refractivity contribution in [2.45, 2.75) is 0 Å². The lowest BCUT2D eigenvalue weighted by Gasteiger charge is -2.05. The number of hydroxylamine groups is 1. The fourth-order valence-electron chi connectivity index (χ4n) is 1.58. The van der Waals surface area contributed by atoms with Crippen LogP contribution in [0.5, 0.6) is 0 Å². The maximum atomic E-state index is 11.9. The second-order valence-corrected chi connectivity index (χ2v) is 3.80. The third-order valence-corrected chi connectivity index (χ3v) is 2.50. The summed E-state index contributed by atoms with van der Waals surface area (Å²) in [7, 11) is 1.56. The molecule has 0 saturated carbocycles. The number of nitrogens with one attached hydrogen (secondary N) is 2. The van der Waals surface area contributed by atoms with Gasteiger partial charge in [-0.25, -0.2) is 5.48 Å². The first-order valence-electron chi connectivity index (χ1n) is 5.83. The highest BCUT2D eigenvalue weighted by molar-refractivity contribution is 5.99. The van der Waals surface area contributed by atoms with Crippen molar-refractivity contribution in [1.82, 2.24) is 15.7 Å². The summed E-state index contributed by atoms with van der Waals surface area (Å²) in [5.74, 6) is -0.344. The quantitative estimate of drug-likeness (QED) is 0.608. The summed E-state index contributed by atoms with van der Waals surface area (Å²) in [6.07, 6.45) is 1.47. The standard InChI is InChI=1S/C13H15N3O3/c1-18-7-8-19-16-13(17)11-9-14-15-12(11)10-5-3-2-4-6-10/h2-6,9H,7-8H2,1H3,(H,14,15)(H,16,17). The highest BCUT2D eigenvalue weighted by atomic mass is 16.7. The number of ether oxygens (including phenoxy) is 1. The topological polar surface area (TPSA) is 76.2 Å². The van der Waals surface area contributed by atoms with Gasteiger partial charge in [0, 0.05) is 12.7 Å². The van der Waals surface area contributed by atoms with Gasteiger partial charge < -0.3 is 4.74 Å². The maximum Gasteiger partial charge on any atom is 0.278 e. The lowest BCUT2D eigenvalue weighted by atomic mass is 10.1. The molecule has 2 aromatic rings. The summed E-state index contributed by atoms with van der Waals surface area (Å²) >= 11 is 0. The fraction of sp³-hybridized carbons (Fsp3) is 0.231. The molecule has 0 atom stereocenters. The van der Waals surface area contributed by atoms with Crippen molar-refractivity contribution < 1.29 is 14.4 Å². The van der Waals surface area contributed by atoms with E-state index in [1.807, 2.05) is 30.3 Å². The maximum absolute atomic E-state index is 11.9. The summed E-state index contributed by atoms with van der Waals surface area (Å²) in [6.45, 7) is 0.706. The Kier molecular flexibility index (Phi) is 4.66. The first kappa shape index (κ1) is 13.3. The van der Waals surface area contributed by atoms with Crippen LogP contribution in [-0.2, 0) is 9.57 Å². The molecule has 0 bridgehead atoms. The monoisotopic (exact) mass is 261 g/mol. The average Bonchev–Trinajstić information content (AvgIpc) is 2.94. The van der Waals surface area contributed by atoms with E-state index in [0.29, 0.717) is 24.5 Å². The van der Waals surface area contributed by atoms with Crippen LogP contribution in [0, 0.1) is 0 Å². The largest absolute Gasteiger partial charge is 0.382 e. The second kappa shape index (κ2) is 6.67. The van der Waals surface area contributed by atoms with Gasteiger partial charge in [-0.2, -0.15) is 5.10 Å². The van der Waals surface area contributed by atoms with Crippen molar-refractivity contribution in [1.29, 1.82) is 0 Å². The Morgan fingerprint density at radius 1 is 1.32 bits per heavy atom. The molecule has 1 heterocycles. The molecule has 6 nitrogen and oxygen atoms in total. The number of nitrogens with zero attached hydrogens (tertiary/aromatic N) is 1.